The van der Waals surface area contributed by atoms with E-state index in [1.165, 1.54) is 0 Å². The summed E-state index contributed by atoms with van der Waals surface area (Å²) in [4.78, 5) is 27.6. The van der Waals surface area contributed by atoms with Crippen LogP contribution in [0.1, 0.15) is 35.7 Å². The summed E-state index contributed by atoms with van der Waals surface area (Å²) in [6.07, 6.45) is 2.64. The molecule has 0 bridgehead atoms. The van der Waals surface area contributed by atoms with Gasteiger partial charge in [-0.1, -0.05) is 35.9 Å². The molecule has 25 heavy (non-hydrogen) atoms. The van der Waals surface area contributed by atoms with Gasteiger partial charge in [-0.15, -0.1) is 0 Å². The first-order valence-electron chi connectivity index (χ1n) is 8.30. The minimum atomic E-state index is -0.801. The normalized spacial score (nSPS) is 20.2. The maximum absolute atomic E-state index is 12.4. The minimum absolute atomic E-state index is 0.0945. The number of urea groups is 1. The maximum Gasteiger partial charge on any atom is 0.315 e. The van der Waals surface area contributed by atoms with Crippen LogP contribution in [0.15, 0.2) is 48.7 Å². The average molecular weight is 339 g/mol. The number of carboxylic acid groups (broad SMARTS) is 1. The van der Waals surface area contributed by atoms with Crippen LogP contribution < -0.4 is 10.6 Å². The number of aromatic nitrogens is 1. The number of pyridine rings is 1. The number of aryl methyl sites for hydroxylation is 1. The Kier molecular flexibility index (Phi) is 4.97. The zero-order valence-corrected chi connectivity index (χ0v) is 14.0. The molecule has 1 aromatic heterocycles. The molecule has 1 unspecified atom stereocenters. The summed E-state index contributed by atoms with van der Waals surface area (Å²) in [5, 5.41) is 14.7. The monoisotopic (exact) mass is 339 g/mol. The van der Waals surface area contributed by atoms with Crippen molar-refractivity contribution in [1.82, 2.24) is 15.6 Å². The highest BCUT2D eigenvalue weighted by Crippen LogP contribution is 2.27. The van der Waals surface area contributed by atoms with Crippen LogP contribution in [-0.2, 0) is 4.79 Å². The van der Waals surface area contributed by atoms with Gasteiger partial charge in [0.05, 0.1) is 17.7 Å². The molecule has 0 radical (unpaired) electrons. The van der Waals surface area contributed by atoms with Crippen LogP contribution in [0, 0.1) is 12.8 Å². The second-order valence-corrected chi connectivity index (χ2v) is 6.42. The Morgan fingerprint density at radius 3 is 2.64 bits per heavy atom. The highest BCUT2D eigenvalue weighted by atomic mass is 16.4. The number of benzene rings is 1. The number of aliphatic carboxylic acids is 1. The van der Waals surface area contributed by atoms with Crippen LogP contribution >= 0.6 is 0 Å². The van der Waals surface area contributed by atoms with Gasteiger partial charge < -0.3 is 15.7 Å². The molecule has 2 aromatic rings. The molecule has 0 saturated heterocycles. The Hall–Kier alpha value is -2.89. The summed E-state index contributed by atoms with van der Waals surface area (Å²) >= 11 is 0. The molecule has 1 heterocycles. The van der Waals surface area contributed by atoms with Crippen molar-refractivity contribution in [2.75, 3.05) is 0 Å². The Morgan fingerprint density at radius 2 is 2.00 bits per heavy atom. The molecule has 1 saturated carbocycles. The van der Waals surface area contributed by atoms with Gasteiger partial charge in [-0.2, -0.15) is 0 Å². The van der Waals surface area contributed by atoms with Gasteiger partial charge >= 0.3 is 12.0 Å². The van der Waals surface area contributed by atoms with Crippen molar-refractivity contribution < 1.29 is 14.7 Å². The molecule has 0 aliphatic heterocycles. The summed E-state index contributed by atoms with van der Waals surface area (Å²) in [6, 6.07) is 12.7. The third-order valence-corrected chi connectivity index (χ3v) is 4.46. The Balaban J connectivity index is 1.70. The molecule has 3 rings (SSSR count). The standard InChI is InChI=1S/C19H21N3O3/c1-12-5-4-6-13(9-12)17(16-7-2-3-8-20-16)22-19(25)21-15-10-14(11-15)18(23)24/h2-9,14-15,17H,10-11H2,1H3,(H,23,24)(H2,21,22,25). The Labute approximate surface area is 146 Å². The highest BCUT2D eigenvalue weighted by molar-refractivity contribution is 5.76. The zero-order valence-electron chi connectivity index (χ0n) is 14.0. The smallest absolute Gasteiger partial charge is 0.315 e. The van der Waals surface area contributed by atoms with E-state index < -0.39 is 5.97 Å². The van der Waals surface area contributed by atoms with E-state index in [1.54, 1.807) is 6.20 Å². The van der Waals surface area contributed by atoms with E-state index in [0.717, 1.165) is 16.8 Å². The lowest BCUT2D eigenvalue weighted by Gasteiger charge is -2.33. The van der Waals surface area contributed by atoms with E-state index >= 15 is 0 Å². The predicted molar refractivity (Wildman–Crippen MR) is 93.1 cm³/mol. The van der Waals surface area contributed by atoms with Crippen LogP contribution in [-0.4, -0.2) is 28.1 Å². The molecular weight excluding hydrogens is 318 g/mol. The van der Waals surface area contributed by atoms with Gasteiger partial charge in [0.2, 0.25) is 0 Å². The molecule has 1 aromatic carbocycles. The quantitative estimate of drug-likeness (QED) is 0.781. The summed E-state index contributed by atoms with van der Waals surface area (Å²) < 4.78 is 0. The fraction of sp³-hybridized carbons (Fsp3) is 0.316. The second kappa shape index (κ2) is 7.34. The van der Waals surface area contributed by atoms with E-state index in [9.17, 15) is 9.59 Å². The molecular formula is C19H21N3O3. The molecule has 3 N–H and O–H groups in total. The maximum atomic E-state index is 12.4. The van der Waals surface area contributed by atoms with Gasteiger partial charge in [0.15, 0.2) is 0 Å². The highest BCUT2D eigenvalue weighted by Gasteiger charge is 2.35. The van der Waals surface area contributed by atoms with E-state index in [4.69, 9.17) is 5.11 Å². The minimum Gasteiger partial charge on any atom is -0.481 e. The number of carbonyl (C=O) groups is 2. The second-order valence-electron chi connectivity index (χ2n) is 6.42. The molecule has 0 spiro atoms. The summed E-state index contributed by atoms with van der Waals surface area (Å²) in [7, 11) is 0. The number of carboxylic acids is 1. The van der Waals surface area contributed by atoms with Gasteiger partial charge in [0.1, 0.15) is 0 Å². The number of rotatable bonds is 5. The van der Waals surface area contributed by atoms with Crippen molar-refractivity contribution in [2.45, 2.75) is 31.8 Å². The lowest BCUT2D eigenvalue weighted by atomic mass is 9.80. The van der Waals surface area contributed by atoms with Crippen molar-refractivity contribution in [3.63, 3.8) is 0 Å². The van der Waals surface area contributed by atoms with Crippen molar-refractivity contribution in [1.29, 1.82) is 0 Å². The van der Waals surface area contributed by atoms with Crippen LogP contribution in [0.4, 0.5) is 4.79 Å². The number of amides is 2. The van der Waals surface area contributed by atoms with Gasteiger partial charge in [-0.3, -0.25) is 9.78 Å². The van der Waals surface area contributed by atoms with Crippen molar-refractivity contribution in [3.8, 4) is 0 Å². The summed E-state index contributed by atoms with van der Waals surface area (Å²) in [5.74, 6) is -1.15. The summed E-state index contributed by atoms with van der Waals surface area (Å²) in [6.45, 7) is 2.00. The third kappa shape index (κ3) is 4.15. The first-order valence-corrected chi connectivity index (χ1v) is 8.30. The lowest BCUT2D eigenvalue weighted by Crippen LogP contribution is -2.50. The molecule has 130 valence electrons. The Bertz CT molecular complexity index is 758. The van der Waals surface area contributed by atoms with Crippen LogP contribution in [0.25, 0.3) is 0 Å². The first kappa shape index (κ1) is 17.0. The van der Waals surface area contributed by atoms with Crippen molar-refractivity contribution in [2.24, 2.45) is 5.92 Å². The number of hydrogen-bond acceptors (Lipinski definition) is 3. The molecule has 1 fully saturated rings. The van der Waals surface area contributed by atoms with Gasteiger partial charge in [0, 0.05) is 12.2 Å². The van der Waals surface area contributed by atoms with E-state index in [-0.39, 0.29) is 24.0 Å². The SMILES string of the molecule is Cc1cccc(C(NC(=O)NC2CC(C(=O)O)C2)c2ccccn2)c1. The Morgan fingerprint density at radius 1 is 1.20 bits per heavy atom. The molecule has 6 nitrogen and oxygen atoms in total. The largest absolute Gasteiger partial charge is 0.481 e. The number of nitrogens with one attached hydrogen (secondary N) is 2. The molecule has 1 aliphatic carbocycles. The fourth-order valence-corrected chi connectivity index (χ4v) is 3.02. The molecule has 1 atom stereocenters. The summed E-state index contributed by atoms with van der Waals surface area (Å²) in [5.41, 5.74) is 2.80. The van der Waals surface area contributed by atoms with Crippen LogP contribution in [0.5, 0.6) is 0 Å². The van der Waals surface area contributed by atoms with Gasteiger partial charge in [0.25, 0.3) is 0 Å². The topological polar surface area (TPSA) is 91.3 Å². The van der Waals surface area contributed by atoms with E-state index in [1.807, 2.05) is 49.4 Å². The predicted octanol–water partition coefficient (Wildman–Crippen LogP) is 2.64. The van der Waals surface area contributed by atoms with Crippen LogP contribution in [0.3, 0.4) is 0 Å². The van der Waals surface area contributed by atoms with Crippen LogP contribution in [0.2, 0.25) is 0 Å². The fourth-order valence-electron chi connectivity index (χ4n) is 3.02. The molecule has 1 aliphatic rings. The van der Waals surface area contributed by atoms with Crippen molar-refractivity contribution >= 4 is 12.0 Å². The van der Waals surface area contributed by atoms with E-state index in [0.29, 0.717) is 12.8 Å². The van der Waals surface area contributed by atoms with E-state index in [2.05, 4.69) is 15.6 Å². The lowest BCUT2D eigenvalue weighted by molar-refractivity contribution is -0.145. The van der Waals surface area contributed by atoms with Gasteiger partial charge in [-0.05, 0) is 37.5 Å². The van der Waals surface area contributed by atoms with Gasteiger partial charge in [-0.25, -0.2) is 4.79 Å². The average Bonchev–Trinajstić information content (AvgIpc) is 2.56. The first-order chi connectivity index (χ1) is 12.0. The third-order valence-electron chi connectivity index (χ3n) is 4.46. The zero-order chi connectivity index (χ0) is 17.8. The molecule has 2 amide bonds. The number of carbonyl (C=O) groups excluding carboxylic acids is 1. The molecule has 6 heteroatoms. The van der Waals surface area contributed by atoms with Crippen molar-refractivity contribution in [3.05, 3.63) is 65.5 Å². The number of nitrogens with zero attached hydrogens (tertiary/aromatic N) is 1. The number of hydrogen-bond donors (Lipinski definition) is 3.